The van der Waals surface area contributed by atoms with Crippen LogP contribution in [0.5, 0.6) is 0 Å². The molecule has 1 aromatic carbocycles. The molecule has 2 heterocycles. The molecular formula is C18H29N3. The monoisotopic (exact) mass is 287 g/mol. The van der Waals surface area contributed by atoms with E-state index in [4.69, 9.17) is 5.73 Å². The van der Waals surface area contributed by atoms with E-state index in [9.17, 15) is 0 Å². The van der Waals surface area contributed by atoms with E-state index in [0.717, 1.165) is 25.0 Å². The predicted octanol–water partition coefficient (Wildman–Crippen LogP) is 2.18. The Bertz CT molecular complexity index is 433. The van der Waals surface area contributed by atoms with Crippen molar-refractivity contribution in [1.29, 1.82) is 0 Å². The molecule has 3 rings (SSSR count). The molecule has 3 atom stereocenters. The first-order chi connectivity index (χ1) is 10.3. The van der Waals surface area contributed by atoms with Gasteiger partial charge in [0.15, 0.2) is 0 Å². The Balaban J connectivity index is 1.52. The quantitative estimate of drug-likeness (QED) is 0.921. The van der Waals surface area contributed by atoms with Gasteiger partial charge in [-0.25, -0.2) is 0 Å². The summed E-state index contributed by atoms with van der Waals surface area (Å²) in [4.78, 5) is 5.32. The Hall–Kier alpha value is -0.900. The van der Waals surface area contributed by atoms with Gasteiger partial charge in [0.25, 0.3) is 0 Å². The van der Waals surface area contributed by atoms with Crippen molar-refractivity contribution in [3.63, 3.8) is 0 Å². The molecule has 2 fully saturated rings. The molecule has 0 bridgehead atoms. The number of likely N-dealkylation sites (tertiary alicyclic amines) is 2. The first-order valence-corrected chi connectivity index (χ1v) is 8.46. The lowest BCUT2D eigenvalue weighted by Gasteiger charge is -2.39. The van der Waals surface area contributed by atoms with Gasteiger partial charge in [-0.2, -0.15) is 0 Å². The summed E-state index contributed by atoms with van der Waals surface area (Å²) in [7, 11) is 0. The maximum atomic E-state index is 5.95. The van der Waals surface area contributed by atoms with Crippen LogP contribution in [0.15, 0.2) is 30.3 Å². The average Bonchev–Trinajstić information content (AvgIpc) is 2.97. The van der Waals surface area contributed by atoms with E-state index in [-0.39, 0.29) is 0 Å². The van der Waals surface area contributed by atoms with Gasteiger partial charge in [-0.3, -0.25) is 9.80 Å². The molecule has 2 aliphatic heterocycles. The van der Waals surface area contributed by atoms with Crippen molar-refractivity contribution in [2.45, 2.75) is 32.4 Å². The average molecular weight is 287 g/mol. The number of rotatable bonds is 4. The number of hydrogen-bond donors (Lipinski definition) is 1. The number of piperidine rings is 1. The lowest BCUT2D eigenvalue weighted by Crippen LogP contribution is -2.48. The summed E-state index contributed by atoms with van der Waals surface area (Å²) in [6.07, 6.45) is 2.63. The highest BCUT2D eigenvalue weighted by atomic mass is 15.3. The molecule has 2 aliphatic rings. The third-order valence-electron chi connectivity index (χ3n) is 5.46. The van der Waals surface area contributed by atoms with Crippen LogP contribution in [0.4, 0.5) is 0 Å². The van der Waals surface area contributed by atoms with Crippen LogP contribution < -0.4 is 5.73 Å². The van der Waals surface area contributed by atoms with E-state index < -0.39 is 0 Å². The second-order valence-electron chi connectivity index (χ2n) is 6.92. The molecule has 3 unspecified atom stereocenters. The molecule has 2 N–H and O–H groups in total. The number of hydrogen-bond acceptors (Lipinski definition) is 3. The zero-order valence-electron chi connectivity index (χ0n) is 13.2. The maximum absolute atomic E-state index is 5.95. The molecule has 116 valence electrons. The SMILES string of the molecule is CC1CCN(C2CCN(Cc3ccccc3)C2)CC1CN. The van der Waals surface area contributed by atoms with Gasteiger partial charge in [-0.15, -0.1) is 0 Å². The van der Waals surface area contributed by atoms with Crippen molar-refractivity contribution in [3.05, 3.63) is 35.9 Å². The topological polar surface area (TPSA) is 32.5 Å². The molecule has 2 saturated heterocycles. The molecular weight excluding hydrogens is 258 g/mol. The van der Waals surface area contributed by atoms with E-state index in [1.165, 1.54) is 44.6 Å². The third-order valence-corrected chi connectivity index (χ3v) is 5.46. The molecule has 0 radical (unpaired) electrons. The van der Waals surface area contributed by atoms with Crippen LogP contribution in [0, 0.1) is 11.8 Å². The molecule has 0 spiro atoms. The van der Waals surface area contributed by atoms with E-state index in [0.29, 0.717) is 5.92 Å². The van der Waals surface area contributed by atoms with Crippen molar-refractivity contribution >= 4 is 0 Å². The number of nitrogens with two attached hydrogens (primary N) is 1. The summed E-state index contributed by atoms with van der Waals surface area (Å²) in [6, 6.07) is 11.6. The highest BCUT2D eigenvalue weighted by Crippen LogP contribution is 2.27. The standard InChI is InChI=1S/C18H29N3/c1-15-7-10-21(13-17(15)11-19)18-8-9-20(14-18)12-16-5-3-2-4-6-16/h2-6,15,17-18H,7-14,19H2,1H3. The fourth-order valence-electron chi connectivity index (χ4n) is 3.91. The second kappa shape index (κ2) is 6.91. The van der Waals surface area contributed by atoms with E-state index in [1.54, 1.807) is 0 Å². The van der Waals surface area contributed by atoms with Gasteiger partial charge in [0.05, 0.1) is 0 Å². The summed E-state index contributed by atoms with van der Waals surface area (Å²) >= 11 is 0. The van der Waals surface area contributed by atoms with Gasteiger partial charge in [-0.1, -0.05) is 37.3 Å². The summed E-state index contributed by atoms with van der Waals surface area (Å²) in [5.74, 6) is 1.50. The van der Waals surface area contributed by atoms with Crippen molar-refractivity contribution in [1.82, 2.24) is 9.80 Å². The number of benzene rings is 1. The summed E-state index contributed by atoms with van der Waals surface area (Å²) in [5, 5.41) is 0. The van der Waals surface area contributed by atoms with Crippen LogP contribution in [0.3, 0.4) is 0 Å². The summed E-state index contributed by atoms with van der Waals surface area (Å²) in [5.41, 5.74) is 7.38. The predicted molar refractivity (Wildman–Crippen MR) is 88.0 cm³/mol. The van der Waals surface area contributed by atoms with E-state index in [2.05, 4.69) is 47.1 Å². The Morgan fingerprint density at radius 2 is 1.90 bits per heavy atom. The zero-order valence-corrected chi connectivity index (χ0v) is 13.2. The maximum Gasteiger partial charge on any atom is 0.0235 e. The van der Waals surface area contributed by atoms with Crippen molar-refractivity contribution in [2.75, 3.05) is 32.7 Å². The Morgan fingerprint density at radius 1 is 1.10 bits per heavy atom. The fraction of sp³-hybridized carbons (Fsp3) is 0.667. The van der Waals surface area contributed by atoms with Gasteiger partial charge >= 0.3 is 0 Å². The zero-order chi connectivity index (χ0) is 14.7. The minimum Gasteiger partial charge on any atom is -0.330 e. The highest BCUT2D eigenvalue weighted by Gasteiger charge is 2.33. The molecule has 3 nitrogen and oxygen atoms in total. The van der Waals surface area contributed by atoms with Crippen molar-refractivity contribution in [2.24, 2.45) is 17.6 Å². The van der Waals surface area contributed by atoms with Crippen molar-refractivity contribution < 1.29 is 0 Å². The minimum absolute atomic E-state index is 0.696. The van der Waals surface area contributed by atoms with Gasteiger partial charge in [0.2, 0.25) is 0 Å². The van der Waals surface area contributed by atoms with Crippen LogP contribution >= 0.6 is 0 Å². The first-order valence-electron chi connectivity index (χ1n) is 8.46. The third kappa shape index (κ3) is 3.65. The van der Waals surface area contributed by atoms with Crippen LogP contribution in [-0.4, -0.2) is 48.6 Å². The van der Waals surface area contributed by atoms with Crippen LogP contribution in [-0.2, 0) is 6.54 Å². The largest absolute Gasteiger partial charge is 0.330 e. The van der Waals surface area contributed by atoms with Crippen molar-refractivity contribution in [3.8, 4) is 0 Å². The van der Waals surface area contributed by atoms with Gasteiger partial charge < -0.3 is 5.73 Å². The lowest BCUT2D eigenvalue weighted by molar-refractivity contribution is 0.0925. The molecule has 21 heavy (non-hydrogen) atoms. The normalized spacial score (nSPS) is 31.6. The Morgan fingerprint density at radius 3 is 2.67 bits per heavy atom. The Kier molecular flexibility index (Phi) is 4.94. The first kappa shape index (κ1) is 15.0. The fourth-order valence-corrected chi connectivity index (χ4v) is 3.91. The summed E-state index contributed by atoms with van der Waals surface area (Å²) < 4.78 is 0. The van der Waals surface area contributed by atoms with Gasteiger partial charge in [0.1, 0.15) is 0 Å². The van der Waals surface area contributed by atoms with Gasteiger partial charge in [-0.05, 0) is 43.3 Å². The highest BCUT2D eigenvalue weighted by molar-refractivity contribution is 5.14. The van der Waals surface area contributed by atoms with Crippen LogP contribution in [0.25, 0.3) is 0 Å². The number of nitrogens with zero attached hydrogens (tertiary/aromatic N) is 2. The van der Waals surface area contributed by atoms with Crippen LogP contribution in [0.2, 0.25) is 0 Å². The Labute approximate surface area is 129 Å². The minimum atomic E-state index is 0.696. The molecule has 0 aliphatic carbocycles. The smallest absolute Gasteiger partial charge is 0.0235 e. The summed E-state index contributed by atoms with van der Waals surface area (Å²) in [6.45, 7) is 9.24. The second-order valence-corrected chi connectivity index (χ2v) is 6.92. The van der Waals surface area contributed by atoms with E-state index >= 15 is 0 Å². The van der Waals surface area contributed by atoms with Gasteiger partial charge in [0, 0.05) is 32.2 Å². The van der Waals surface area contributed by atoms with E-state index in [1.807, 2.05) is 0 Å². The molecule has 3 heteroatoms. The molecule has 0 amide bonds. The molecule has 0 aromatic heterocycles. The molecule has 0 saturated carbocycles. The lowest BCUT2D eigenvalue weighted by atomic mass is 9.86. The van der Waals surface area contributed by atoms with Crippen LogP contribution in [0.1, 0.15) is 25.3 Å². The molecule has 1 aromatic rings.